The highest BCUT2D eigenvalue weighted by Gasteiger charge is 2.15. The van der Waals surface area contributed by atoms with E-state index in [-0.39, 0.29) is 42.5 Å². The molecule has 1 heterocycles. The van der Waals surface area contributed by atoms with E-state index in [1.165, 1.54) is 0 Å². The summed E-state index contributed by atoms with van der Waals surface area (Å²) in [5.41, 5.74) is 1.80. The first-order valence-electron chi connectivity index (χ1n) is 8.78. The zero-order valence-electron chi connectivity index (χ0n) is 15.7. The number of guanidine groups is 1. The molecule has 1 aliphatic heterocycles. The molecule has 1 fully saturated rings. The predicted molar refractivity (Wildman–Crippen MR) is 122 cm³/mol. The molecule has 1 aliphatic rings. The summed E-state index contributed by atoms with van der Waals surface area (Å²) in [4.78, 5) is 16.2. The molecule has 0 aromatic heterocycles. The van der Waals surface area contributed by atoms with Crippen LogP contribution in [0.15, 0.2) is 27.7 Å². The molecule has 0 saturated carbocycles. The highest BCUT2D eigenvalue weighted by Crippen LogP contribution is 2.20. The van der Waals surface area contributed by atoms with Crippen molar-refractivity contribution in [2.24, 2.45) is 4.99 Å². The lowest BCUT2D eigenvalue weighted by molar-refractivity contribution is -0.115. The average molecular weight is 555 g/mol. The molecule has 2 rings (SSSR count). The molecule has 0 spiro atoms. The Balaban J connectivity index is 0.00000364. The topological polar surface area (TPSA) is 84.0 Å². The second kappa shape index (κ2) is 13.3. The first-order valence-corrected chi connectivity index (χ1v) is 9.57. The van der Waals surface area contributed by atoms with Crippen molar-refractivity contribution in [3.05, 3.63) is 28.2 Å². The Labute approximate surface area is 186 Å². The fourth-order valence-corrected chi connectivity index (χ4v) is 2.84. The van der Waals surface area contributed by atoms with Crippen LogP contribution in [-0.4, -0.2) is 57.9 Å². The van der Waals surface area contributed by atoms with Crippen LogP contribution < -0.4 is 16.0 Å². The van der Waals surface area contributed by atoms with Gasteiger partial charge in [0.25, 0.3) is 0 Å². The minimum atomic E-state index is -0.126. The van der Waals surface area contributed by atoms with Gasteiger partial charge in [0.1, 0.15) is 0 Å². The number of benzene rings is 1. The summed E-state index contributed by atoms with van der Waals surface area (Å²) >= 11 is 3.41. The van der Waals surface area contributed by atoms with Gasteiger partial charge in [-0.15, -0.1) is 24.0 Å². The zero-order chi connectivity index (χ0) is 18.8. The highest BCUT2D eigenvalue weighted by molar-refractivity contribution is 14.0. The fraction of sp³-hybridized carbons (Fsp3) is 0.556. The van der Waals surface area contributed by atoms with E-state index in [0.717, 1.165) is 41.7 Å². The van der Waals surface area contributed by atoms with Gasteiger partial charge in [-0.1, -0.05) is 22.0 Å². The lowest BCUT2D eigenvalue weighted by Gasteiger charge is -2.14. The summed E-state index contributed by atoms with van der Waals surface area (Å²) in [5.74, 6) is 0.467. The molecule has 1 aromatic rings. The second-order valence-electron chi connectivity index (χ2n) is 6.07. The van der Waals surface area contributed by atoms with Crippen molar-refractivity contribution >= 4 is 57.5 Å². The van der Waals surface area contributed by atoms with Crippen LogP contribution in [-0.2, 0) is 14.3 Å². The second-order valence-corrected chi connectivity index (χ2v) is 6.99. The largest absolute Gasteiger partial charge is 0.379 e. The van der Waals surface area contributed by atoms with Crippen molar-refractivity contribution in [1.82, 2.24) is 10.6 Å². The number of rotatable bonds is 8. The van der Waals surface area contributed by atoms with E-state index in [9.17, 15) is 4.79 Å². The first-order chi connectivity index (χ1) is 12.6. The Morgan fingerprint density at radius 2 is 2.22 bits per heavy atom. The molecule has 1 amide bonds. The Kier molecular flexibility index (Phi) is 11.9. The number of ether oxygens (including phenoxy) is 2. The molecular formula is C18H28BrIN4O3. The van der Waals surface area contributed by atoms with E-state index in [4.69, 9.17) is 9.47 Å². The van der Waals surface area contributed by atoms with Gasteiger partial charge in [-0.3, -0.25) is 9.79 Å². The van der Waals surface area contributed by atoms with Crippen LogP contribution in [0, 0.1) is 6.92 Å². The van der Waals surface area contributed by atoms with Crippen molar-refractivity contribution in [2.75, 3.05) is 45.3 Å². The van der Waals surface area contributed by atoms with E-state index in [0.29, 0.717) is 19.2 Å². The molecule has 9 heteroatoms. The van der Waals surface area contributed by atoms with Crippen molar-refractivity contribution in [3.63, 3.8) is 0 Å². The molecular weight excluding hydrogens is 527 g/mol. The number of hydrogen-bond donors (Lipinski definition) is 3. The molecule has 1 atom stereocenters. The lowest BCUT2D eigenvalue weighted by Crippen LogP contribution is -2.42. The molecule has 0 bridgehead atoms. The molecule has 1 aromatic carbocycles. The maximum atomic E-state index is 12.1. The first kappa shape index (κ1) is 24.1. The molecule has 27 heavy (non-hydrogen) atoms. The number of nitrogens with zero attached hydrogens (tertiary/aromatic N) is 1. The summed E-state index contributed by atoms with van der Waals surface area (Å²) in [5, 5.41) is 9.08. The summed E-state index contributed by atoms with van der Waals surface area (Å²) in [6.07, 6.45) is 2.07. The van der Waals surface area contributed by atoms with Crippen LogP contribution in [0.25, 0.3) is 0 Å². The standard InChI is InChI=1S/C18H27BrN4O3.HI/c1-13-4-5-14(19)10-16(13)23-17(24)11-22-18(20-2)21-7-3-8-26-15-6-9-25-12-15;/h4-5,10,15H,3,6-9,11-12H2,1-2H3,(H,23,24)(H2,20,21,22);1H. The Hall–Kier alpha value is -0.910. The molecule has 152 valence electrons. The molecule has 7 nitrogen and oxygen atoms in total. The van der Waals surface area contributed by atoms with E-state index in [2.05, 4.69) is 36.9 Å². The third kappa shape index (κ3) is 9.22. The Morgan fingerprint density at radius 3 is 2.93 bits per heavy atom. The van der Waals surface area contributed by atoms with Crippen LogP contribution in [0.5, 0.6) is 0 Å². The average Bonchev–Trinajstić information content (AvgIpc) is 3.14. The quantitative estimate of drug-likeness (QED) is 0.199. The minimum Gasteiger partial charge on any atom is -0.379 e. The SMILES string of the molecule is CN=C(NCCCOC1CCOC1)NCC(=O)Nc1cc(Br)ccc1C.I. The van der Waals surface area contributed by atoms with Gasteiger partial charge in [0.05, 0.1) is 19.3 Å². The van der Waals surface area contributed by atoms with Crippen molar-refractivity contribution in [1.29, 1.82) is 0 Å². The molecule has 3 N–H and O–H groups in total. The summed E-state index contributed by atoms with van der Waals surface area (Å²) in [6, 6.07) is 5.78. The zero-order valence-corrected chi connectivity index (χ0v) is 19.6. The van der Waals surface area contributed by atoms with Crippen molar-refractivity contribution in [2.45, 2.75) is 25.9 Å². The van der Waals surface area contributed by atoms with Crippen LogP contribution in [0.1, 0.15) is 18.4 Å². The number of aryl methyl sites for hydroxylation is 1. The van der Waals surface area contributed by atoms with Gasteiger partial charge in [0, 0.05) is 37.0 Å². The number of carbonyl (C=O) groups excluding carboxylic acids is 1. The van der Waals surface area contributed by atoms with Gasteiger partial charge in [-0.25, -0.2) is 0 Å². The lowest BCUT2D eigenvalue weighted by atomic mass is 10.2. The number of hydrogen-bond acceptors (Lipinski definition) is 4. The number of halogens is 2. The van der Waals surface area contributed by atoms with E-state index < -0.39 is 0 Å². The van der Waals surface area contributed by atoms with E-state index in [1.807, 2.05) is 25.1 Å². The fourth-order valence-electron chi connectivity index (χ4n) is 2.48. The molecule has 1 unspecified atom stereocenters. The highest BCUT2D eigenvalue weighted by atomic mass is 127. The smallest absolute Gasteiger partial charge is 0.243 e. The maximum Gasteiger partial charge on any atom is 0.243 e. The number of aliphatic imine (C=N–C) groups is 1. The summed E-state index contributed by atoms with van der Waals surface area (Å²) in [6.45, 7) is 4.99. The number of amides is 1. The number of carbonyl (C=O) groups is 1. The van der Waals surface area contributed by atoms with Gasteiger partial charge in [0.15, 0.2) is 5.96 Å². The van der Waals surface area contributed by atoms with Crippen LogP contribution in [0.4, 0.5) is 5.69 Å². The van der Waals surface area contributed by atoms with Crippen LogP contribution >= 0.6 is 39.9 Å². The monoisotopic (exact) mass is 554 g/mol. The molecule has 0 aliphatic carbocycles. The van der Waals surface area contributed by atoms with Crippen LogP contribution in [0.3, 0.4) is 0 Å². The normalized spacial score (nSPS) is 16.6. The van der Waals surface area contributed by atoms with Crippen LogP contribution in [0.2, 0.25) is 0 Å². The summed E-state index contributed by atoms with van der Waals surface area (Å²) < 4.78 is 11.9. The third-order valence-corrected chi connectivity index (χ3v) is 4.46. The Bertz CT molecular complexity index is 625. The summed E-state index contributed by atoms with van der Waals surface area (Å²) in [7, 11) is 1.68. The van der Waals surface area contributed by atoms with Crippen molar-refractivity contribution < 1.29 is 14.3 Å². The maximum absolute atomic E-state index is 12.1. The van der Waals surface area contributed by atoms with Gasteiger partial charge in [-0.05, 0) is 37.5 Å². The molecule has 0 radical (unpaired) electrons. The third-order valence-electron chi connectivity index (χ3n) is 3.97. The number of anilines is 1. The van der Waals surface area contributed by atoms with E-state index >= 15 is 0 Å². The van der Waals surface area contributed by atoms with Gasteiger partial charge in [-0.2, -0.15) is 0 Å². The van der Waals surface area contributed by atoms with E-state index in [1.54, 1.807) is 7.05 Å². The minimum absolute atomic E-state index is 0. The van der Waals surface area contributed by atoms with Crippen molar-refractivity contribution in [3.8, 4) is 0 Å². The van der Waals surface area contributed by atoms with Gasteiger partial charge < -0.3 is 25.4 Å². The number of nitrogens with one attached hydrogen (secondary N) is 3. The Morgan fingerprint density at radius 1 is 1.41 bits per heavy atom. The van der Waals surface area contributed by atoms with Gasteiger partial charge in [0.2, 0.25) is 5.91 Å². The molecule has 1 saturated heterocycles. The van der Waals surface area contributed by atoms with Gasteiger partial charge >= 0.3 is 0 Å². The predicted octanol–water partition coefficient (Wildman–Crippen LogP) is 2.67.